The molecule has 0 saturated carbocycles. The van der Waals surface area contributed by atoms with E-state index in [0.29, 0.717) is 13.1 Å². The number of hydrogen-bond acceptors (Lipinski definition) is 5. The van der Waals surface area contributed by atoms with Gasteiger partial charge in [0.25, 0.3) is 10.0 Å². The van der Waals surface area contributed by atoms with Crippen molar-refractivity contribution in [3.8, 4) is 0 Å². The van der Waals surface area contributed by atoms with Crippen LogP contribution in [0.4, 0.5) is 0 Å². The maximum Gasteiger partial charge on any atom is 0.371 e. The van der Waals surface area contributed by atoms with Gasteiger partial charge in [0, 0.05) is 19.1 Å². The van der Waals surface area contributed by atoms with Crippen molar-refractivity contribution in [2.45, 2.75) is 18.1 Å². The minimum Gasteiger partial charge on any atom is -0.475 e. The highest BCUT2D eigenvalue weighted by molar-refractivity contribution is 7.89. The third kappa shape index (κ3) is 2.58. The monoisotopic (exact) mass is 302 g/mol. The first kappa shape index (κ1) is 15.0. The van der Waals surface area contributed by atoms with E-state index in [4.69, 9.17) is 9.52 Å². The molecule has 7 nitrogen and oxygen atoms in total. The van der Waals surface area contributed by atoms with Crippen LogP contribution in [0.25, 0.3) is 0 Å². The molecule has 0 bridgehead atoms. The Kier molecular flexibility index (Phi) is 3.90. The van der Waals surface area contributed by atoms with E-state index in [1.165, 1.54) is 10.4 Å². The summed E-state index contributed by atoms with van der Waals surface area (Å²) in [6.45, 7) is 2.76. The molecule has 2 unspecified atom stereocenters. The zero-order chi connectivity index (χ0) is 15.1. The molecular formula is C12H18N2O5S. The first-order chi connectivity index (χ1) is 9.23. The Morgan fingerprint density at radius 1 is 1.40 bits per heavy atom. The highest BCUT2D eigenvalue weighted by Crippen LogP contribution is 2.27. The number of sulfonamides is 1. The number of hydrogen-bond donors (Lipinski definition) is 1. The molecule has 1 fully saturated rings. The van der Waals surface area contributed by atoms with Crippen LogP contribution in [-0.2, 0) is 10.0 Å². The Morgan fingerprint density at radius 2 is 2.05 bits per heavy atom. The molecular weight excluding hydrogens is 284 g/mol. The molecule has 2 atom stereocenters. The number of rotatable bonds is 4. The lowest BCUT2D eigenvalue weighted by Gasteiger charge is -2.22. The van der Waals surface area contributed by atoms with Gasteiger partial charge in [0.1, 0.15) is 0 Å². The van der Waals surface area contributed by atoms with Gasteiger partial charge in [-0.3, -0.25) is 0 Å². The van der Waals surface area contributed by atoms with Crippen molar-refractivity contribution in [2.24, 2.45) is 5.92 Å². The second-order valence-electron chi connectivity index (χ2n) is 5.25. The van der Waals surface area contributed by atoms with E-state index in [1.54, 1.807) is 0 Å². The SMILES string of the molecule is CC1CN(S(=O)(=O)c2ccc(C(=O)O)o2)CC1N(C)C. The summed E-state index contributed by atoms with van der Waals surface area (Å²) in [5.41, 5.74) is 0. The van der Waals surface area contributed by atoms with Crippen molar-refractivity contribution in [1.82, 2.24) is 9.21 Å². The lowest BCUT2D eigenvalue weighted by molar-refractivity contribution is 0.0656. The van der Waals surface area contributed by atoms with Crippen LogP contribution < -0.4 is 0 Å². The van der Waals surface area contributed by atoms with E-state index >= 15 is 0 Å². The smallest absolute Gasteiger partial charge is 0.371 e. The number of furan rings is 1. The number of likely N-dealkylation sites (N-methyl/N-ethyl adjacent to an activating group) is 1. The first-order valence-corrected chi connectivity index (χ1v) is 7.67. The van der Waals surface area contributed by atoms with Gasteiger partial charge in [-0.05, 0) is 32.1 Å². The summed E-state index contributed by atoms with van der Waals surface area (Å²) in [4.78, 5) is 12.7. The van der Waals surface area contributed by atoms with Crippen LogP contribution in [0.3, 0.4) is 0 Å². The third-order valence-corrected chi connectivity index (χ3v) is 5.29. The van der Waals surface area contributed by atoms with E-state index in [1.807, 2.05) is 25.9 Å². The minimum absolute atomic E-state index is 0.138. The largest absolute Gasteiger partial charge is 0.475 e. The molecule has 0 amide bonds. The molecule has 1 aliphatic rings. The van der Waals surface area contributed by atoms with Crippen LogP contribution in [0.1, 0.15) is 17.5 Å². The molecule has 2 heterocycles. The number of carbonyl (C=O) groups is 1. The number of carboxylic acid groups (broad SMARTS) is 1. The van der Waals surface area contributed by atoms with E-state index in [2.05, 4.69) is 0 Å². The maximum absolute atomic E-state index is 12.4. The van der Waals surface area contributed by atoms with Crippen molar-refractivity contribution in [3.05, 3.63) is 17.9 Å². The Balaban J connectivity index is 2.25. The summed E-state index contributed by atoms with van der Waals surface area (Å²) in [5, 5.41) is 8.46. The zero-order valence-electron chi connectivity index (χ0n) is 11.6. The van der Waals surface area contributed by atoms with Gasteiger partial charge in [0.2, 0.25) is 10.9 Å². The molecule has 1 N–H and O–H groups in total. The van der Waals surface area contributed by atoms with Crippen LogP contribution in [-0.4, -0.2) is 61.9 Å². The quantitative estimate of drug-likeness (QED) is 0.873. The van der Waals surface area contributed by atoms with Crippen LogP contribution in [0, 0.1) is 5.92 Å². The fourth-order valence-corrected chi connectivity index (χ4v) is 3.95. The Bertz CT molecular complexity index is 607. The van der Waals surface area contributed by atoms with Crippen molar-refractivity contribution in [2.75, 3.05) is 27.2 Å². The van der Waals surface area contributed by atoms with Crippen molar-refractivity contribution in [1.29, 1.82) is 0 Å². The lowest BCUT2D eigenvalue weighted by Crippen LogP contribution is -2.35. The van der Waals surface area contributed by atoms with Gasteiger partial charge in [-0.1, -0.05) is 6.92 Å². The average molecular weight is 302 g/mol. The number of aromatic carboxylic acids is 1. The Morgan fingerprint density at radius 3 is 2.50 bits per heavy atom. The number of carboxylic acids is 1. The fourth-order valence-electron chi connectivity index (χ4n) is 2.48. The van der Waals surface area contributed by atoms with E-state index < -0.39 is 16.0 Å². The normalized spacial score (nSPS) is 24.4. The van der Waals surface area contributed by atoms with Crippen molar-refractivity contribution in [3.63, 3.8) is 0 Å². The predicted molar refractivity (Wildman–Crippen MR) is 71.1 cm³/mol. The van der Waals surface area contributed by atoms with Crippen LogP contribution in [0.5, 0.6) is 0 Å². The summed E-state index contributed by atoms with van der Waals surface area (Å²) in [6.07, 6.45) is 0. The lowest BCUT2D eigenvalue weighted by atomic mass is 10.1. The van der Waals surface area contributed by atoms with E-state index in [9.17, 15) is 13.2 Å². The molecule has 1 aromatic heterocycles. The minimum atomic E-state index is -3.77. The van der Waals surface area contributed by atoms with Crippen LogP contribution in [0.15, 0.2) is 21.6 Å². The molecule has 1 aromatic rings. The summed E-state index contributed by atoms with van der Waals surface area (Å²) < 4.78 is 31.1. The van der Waals surface area contributed by atoms with Gasteiger partial charge < -0.3 is 14.4 Å². The molecule has 112 valence electrons. The second-order valence-corrected chi connectivity index (χ2v) is 7.12. The van der Waals surface area contributed by atoms with Gasteiger partial charge in [-0.2, -0.15) is 4.31 Å². The summed E-state index contributed by atoms with van der Waals surface area (Å²) in [7, 11) is 0.0448. The van der Waals surface area contributed by atoms with Gasteiger partial charge in [0.15, 0.2) is 0 Å². The van der Waals surface area contributed by atoms with Crippen molar-refractivity contribution < 1.29 is 22.7 Å². The van der Waals surface area contributed by atoms with Gasteiger partial charge >= 0.3 is 5.97 Å². The highest BCUT2D eigenvalue weighted by atomic mass is 32.2. The second kappa shape index (κ2) is 5.19. The molecule has 0 radical (unpaired) electrons. The molecule has 20 heavy (non-hydrogen) atoms. The van der Waals surface area contributed by atoms with E-state index in [0.717, 1.165) is 6.07 Å². The van der Waals surface area contributed by atoms with E-state index in [-0.39, 0.29) is 22.8 Å². The fraction of sp³-hybridized carbons (Fsp3) is 0.583. The molecule has 1 aliphatic heterocycles. The summed E-state index contributed by atoms with van der Waals surface area (Å²) in [6, 6.07) is 2.48. The summed E-state index contributed by atoms with van der Waals surface area (Å²) >= 11 is 0. The third-order valence-electron chi connectivity index (χ3n) is 3.59. The first-order valence-electron chi connectivity index (χ1n) is 6.23. The zero-order valence-corrected chi connectivity index (χ0v) is 12.4. The molecule has 2 rings (SSSR count). The standard InChI is InChI=1S/C12H18N2O5S/c1-8-6-14(7-9(8)13(2)3)20(17,18)11-5-4-10(19-11)12(15)16/h4-5,8-9H,6-7H2,1-3H3,(H,15,16). The van der Waals surface area contributed by atoms with Crippen LogP contribution in [0.2, 0.25) is 0 Å². The van der Waals surface area contributed by atoms with Crippen molar-refractivity contribution >= 4 is 16.0 Å². The topological polar surface area (TPSA) is 91.1 Å². The Hall–Kier alpha value is -1.38. The van der Waals surface area contributed by atoms with Gasteiger partial charge in [-0.25, -0.2) is 13.2 Å². The molecule has 0 aromatic carbocycles. The predicted octanol–water partition coefficient (Wildman–Crippen LogP) is 0.548. The molecule has 0 spiro atoms. The summed E-state index contributed by atoms with van der Waals surface area (Å²) in [5.74, 6) is -1.46. The van der Waals surface area contributed by atoms with Crippen LogP contribution >= 0.6 is 0 Å². The van der Waals surface area contributed by atoms with Gasteiger partial charge in [0.05, 0.1) is 0 Å². The molecule has 0 aliphatic carbocycles. The maximum atomic E-state index is 12.4. The highest BCUT2D eigenvalue weighted by Gasteiger charge is 2.39. The average Bonchev–Trinajstić information content (AvgIpc) is 2.94. The number of nitrogens with zero attached hydrogens (tertiary/aromatic N) is 2. The van der Waals surface area contributed by atoms with Gasteiger partial charge in [-0.15, -0.1) is 0 Å². The molecule has 1 saturated heterocycles. The molecule has 8 heteroatoms. The Labute approximate surface area is 117 Å².